The maximum absolute atomic E-state index is 5.62. The molecule has 0 bridgehead atoms. The summed E-state index contributed by atoms with van der Waals surface area (Å²) in [5.41, 5.74) is 1.65. The van der Waals surface area contributed by atoms with Crippen molar-refractivity contribution in [2.24, 2.45) is 0 Å². The van der Waals surface area contributed by atoms with Gasteiger partial charge in [-0.3, -0.25) is 0 Å². The summed E-state index contributed by atoms with van der Waals surface area (Å²) in [5, 5.41) is 0.542. The highest BCUT2D eigenvalue weighted by Gasteiger charge is 1.91. The van der Waals surface area contributed by atoms with E-state index in [1.54, 1.807) is 12.1 Å². The lowest BCUT2D eigenvalue weighted by molar-refractivity contribution is 1.70. The fraction of sp³-hybridized carbons (Fsp3) is 0. The lowest BCUT2D eigenvalue weighted by atomic mass is 9.95. The van der Waals surface area contributed by atoms with Crippen molar-refractivity contribution < 1.29 is 0 Å². The molecule has 0 saturated heterocycles. The summed E-state index contributed by atoms with van der Waals surface area (Å²) >= 11 is 5.62. The molecular formula is C8H6BCl. The Kier molecular flexibility index (Phi) is 2.18. The van der Waals surface area contributed by atoms with Crippen molar-refractivity contribution in [1.82, 2.24) is 0 Å². The van der Waals surface area contributed by atoms with Crippen LogP contribution in [0.5, 0.6) is 0 Å². The van der Waals surface area contributed by atoms with E-state index in [-0.39, 0.29) is 0 Å². The zero-order chi connectivity index (χ0) is 7.56. The summed E-state index contributed by atoms with van der Waals surface area (Å²) in [4.78, 5) is 0. The third kappa shape index (κ3) is 1.65. The van der Waals surface area contributed by atoms with E-state index in [2.05, 4.69) is 6.58 Å². The summed E-state index contributed by atoms with van der Waals surface area (Å²) in [5.74, 6) is 0. The summed E-state index contributed by atoms with van der Waals surface area (Å²) in [6, 6.07) is 7.26. The molecule has 0 fully saturated rings. The fourth-order valence-corrected chi connectivity index (χ4v) is 0.790. The van der Waals surface area contributed by atoms with Crippen LogP contribution in [0.3, 0.4) is 0 Å². The molecule has 1 aromatic rings. The first-order valence-corrected chi connectivity index (χ1v) is 3.28. The smallest absolute Gasteiger partial charge is 0.0966 e. The van der Waals surface area contributed by atoms with Crippen LogP contribution in [0.25, 0.3) is 5.03 Å². The zero-order valence-corrected chi connectivity index (χ0v) is 6.23. The predicted octanol–water partition coefficient (Wildman–Crippen LogP) is 1.69. The molecule has 0 aliphatic heterocycles. The largest absolute Gasteiger partial charge is 0.113 e. The second-order valence-electron chi connectivity index (χ2n) is 2.03. The van der Waals surface area contributed by atoms with E-state index in [1.807, 2.05) is 12.1 Å². The molecule has 0 spiro atoms. The minimum atomic E-state index is 0.542. The lowest BCUT2D eigenvalue weighted by Crippen LogP contribution is -1.99. The molecule has 0 saturated carbocycles. The van der Waals surface area contributed by atoms with Gasteiger partial charge in [0.25, 0.3) is 0 Å². The molecule has 0 amide bonds. The van der Waals surface area contributed by atoms with Crippen molar-refractivity contribution in [1.29, 1.82) is 0 Å². The van der Waals surface area contributed by atoms with Gasteiger partial charge in [-0.25, -0.2) is 0 Å². The Labute approximate surface area is 66.9 Å². The van der Waals surface area contributed by atoms with Crippen molar-refractivity contribution in [2.45, 2.75) is 0 Å². The number of hydrogen-bond donors (Lipinski definition) is 0. The van der Waals surface area contributed by atoms with Crippen molar-refractivity contribution >= 4 is 29.9 Å². The van der Waals surface area contributed by atoms with Crippen LogP contribution in [0.1, 0.15) is 5.56 Å². The monoisotopic (exact) mass is 148 g/mol. The van der Waals surface area contributed by atoms with E-state index >= 15 is 0 Å². The van der Waals surface area contributed by atoms with E-state index in [9.17, 15) is 0 Å². The van der Waals surface area contributed by atoms with E-state index in [0.717, 1.165) is 11.0 Å². The summed E-state index contributed by atoms with van der Waals surface area (Å²) in [6.45, 7) is 3.58. The second kappa shape index (κ2) is 2.93. The first kappa shape index (κ1) is 7.42. The third-order valence-electron chi connectivity index (χ3n) is 1.22. The van der Waals surface area contributed by atoms with Gasteiger partial charge in [-0.2, -0.15) is 0 Å². The molecule has 1 rings (SSSR count). The molecule has 0 atom stereocenters. The Bertz CT molecular complexity index is 238. The Hall–Kier alpha value is -0.685. The van der Waals surface area contributed by atoms with Gasteiger partial charge in [0.15, 0.2) is 0 Å². The molecule has 0 heterocycles. The van der Waals surface area contributed by atoms with Crippen LogP contribution in [-0.4, -0.2) is 7.85 Å². The highest BCUT2D eigenvalue weighted by molar-refractivity contribution is 6.48. The summed E-state index contributed by atoms with van der Waals surface area (Å²) in [6.07, 6.45) is 0. The molecule has 0 unspecified atom stereocenters. The minimum Gasteiger partial charge on any atom is -0.0966 e. The molecular weight excluding hydrogens is 142 g/mol. The number of hydrogen-bond acceptors (Lipinski definition) is 0. The van der Waals surface area contributed by atoms with Gasteiger partial charge in [-0.1, -0.05) is 47.9 Å². The zero-order valence-electron chi connectivity index (χ0n) is 5.47. The van der Waals surface area contributed by atoms with E-state index in [4.69, 9.17) is 19.4 Å². The van der Waals surface area contributed by atoms with Gasteiger partial charge in [-0.15, -0.1) is 0 Å². The summed E-state index contributed by atoms with van der Waals surface area (Å²) in [7, 11) is 5.45. The standard InChI is InChI=1S/C8H6BCl/c1-6(10)7-2-4-8(9)5-3-7/h2-5H,1H2. The van der Waals surface area contributed by atoms with Crippen LogP contribution in [0.15, 0.2) is 30.8 Å². The lowest BCUT2D eigenvalue weighted by Gasteiger charge is -1.96. The first-order valence-electron chi connectivity index (χ1n) is 2.90. The quantitative estimate of drug-likeness (QED) is 0.532. The van der Waals surface area contributed by atoms with Crippen molar-refractivity contribution in [3.8, 4) is 0 Å². The molecule has 48 valence electrons. The predicted molar refractivity (Wildman–Crippen MR) is 46.7 cm³/mol. The van der Waals surface area contributed by atoms with Crippen LogP contribution < -0.4 is 5.46 Å². The van der Waals surface area contributed by atoms with Crippen LogP contribution in [0, 0.1) is 0 Å². The molecule has 0 aliphatic carbocycles. The van der Waals surface area contributed by atoms with Crippen molar-refractivity contribution in [3.05, 3.63) is 36.4 Å². The third-order valence-corrected chi connectivity index (χ3v) is 1.44. The number of rotatable bonds is 1. The number of halogens is 1. The van der Waals surface area contributed by atoms with Gasteiger partial charge in [0.1, 0.15) is 7.85 Å². The Morgan fingerprint density at radius 2 is 1.80 bits per heavy atom. The normalized spacial score (nSPS) is 9.30. The molecule has 0 nitrogen and oxygen atoms in total. The number of benzene rings is 1. The molecule has 1 aromatic carbocycles. The van der Waals surface area contributed by atoms with Crippen molar-refractivity contribution in [2.75, 3.05) is 0 Å². The Morgan fingerprint density at radius 1 is 1.30 bits per heavy atom. The minimum absolute atomic E-state index is 0.542. The molecule has 0 aromatic heterocycles. The molecule has 2 radical (unpaired) electrons. The highest BCUT2D eigenvalue weighted by Crippen LogP contribution is 2.13. The average molecular weight is 148 g/mol. The maximum Gasteiger partial charge on any atom is 0.113 e. The van der Waals surface area contributed by atoms with E-state index in [0.29, 0.717) is 5.03 Å². The van der Waals surface area contributed by atoms with Gasteiger partial charge in [0.2, 0.25) is 0 Å². The van der Waals surface area contributed by atoms with E-state index < -0.39 is 0 Å². The van der Waals surface area contributed by atoms with Gasteiger partial charge < -0.3 is 0 Å². The fourth-order valence-electron chi connectivity index (χ4n) is 0.664. The topological polar surface area (TPSA) is 0 Å². The maximum atomic E-state index is 5.62. The van der Waals surface area contributed by atoms with Crippen LogP contribution >= 0.6 is 11.6 Å². The molecule has 0 aliphatic rings. The Morgan fingerprint density at radius 3 is 2.20 bits per heavy atom. The summed E-state index contributed by atoms with van der Waals surface area (Å²) < 4.78 is 0. The molecule has 10 heavy (non-hydrogen) atoms. The van der Waals surface area contributed by atoms with Crippen LogP contribution in [-0.2, 0) is 0 Å². The van der Waals surface area contributed by atoms with Crippen LogP contribution in [0.2, 0.25) is 0 Å². The Balaban J connectivity index is 3.00. The van der Waals surface area contributed by atoms with Gasteiger partial charge in [0, 0.05) is 5.03 Å². The van der Waals surface area contributed by atoms with Gasteiger partial charge in [0.05, 0.1) is 0 Å². The second-order valence-corrected chi connectivity index (χ2v) is 2.48. The van der Waals surface area contributed by atoms with Gasteiger partial charge in [-0.05, 0) is 5.56 Å². The SMILES string of the molecule is [B]c1ccc(C(=C)Cl)cc1. The molecule has 0 N–H and O–H groups in total. The van der Waals surface area contributed by atoms with E-state index in [1.165, 1.54) is 0 Å². The average Bonchev–Trinajstić information content (AvgIpc) is 1.88. The molecule has 2 heteroatoms. The first-order chi connectivity index (χ1) is 4.70. The van der Waals surface area contributed by atoms with Crippen molar-refractivity contribution in [3.63, 3.8) is 0 Å². The highest BCUT2D eigenvalue weighted by atomic mass is 35.5. The van der Waals surface area contributed by atoms with Gasteiger partial charge >= 0.3 is 0 Å². The van der Waals surface area contributed by atoms with Crippen LogP contribution in [0.4, 0.5) is 0 Å².